The maximum Gasteiger partial charge on any atom is 0.251 e. The van der Waals surface area contributed by atoms with Crippen molar-refractivity contribution in [1.82, 2.24) is 4.98 Å². The Labute approximate surface area is 99.6 Å². The minimum absolute atomic E-state index is 0.102. The second kappa shape index (κ2) is 5.48. The SMILES string of the molecule is C#C.Nc1cnccc1N1CCC(F)(F)CC1. The van der Waals surface area contributed by atoms with Crippen LogP contribution in [0.3, 0.4) is 0 Å². The maximum absolute atomic E-state index is 12.9. The Balaban J connectivity index is 0.000000686. The molecule has 0 aromatic carbocycles. The lowest BCUT2D eigenvalue weighted by atomic mass is 10.1. The van der Waals surface area contributed by atoms with Gasteiger partial charge in [-0.15, -0.1) is 12.8 Å². The summed E-state index contributed by atoms with van der Waals surface area (Å²) >= 11 is 0. The van der Waals surface area contributed by atoms with Gasteiger partial charge in [-0.1, -0.05) is 0 Å². The summed E-state index contributed by atoms with van der Waals surface area (Å²) in [6, 6.07) is 1.76. The maximum atomic E-state index is 12.9. The van der Waals surface area contributed by atoms with E-state index in [4.69, 9.17) is 5.73 Å². The highest BCUT2D eigenvalue weighted by atomic mass is 19.3. The molecule has 1 aliphatic heterocycles. The molecule has 2 N–H and O–H groups in total. The third-order valence-corrected chi connectivity index (χ3v) is 2.66. The first-order chi connectivity index (χ1) is 8.08. The average molecular weight is 239 g/mol. The number of rotatable bonds is 1. The monoisotopic (exact) mass is 239 g/mol. The van der Waals surface area contributed by atoms with E-state index in [-0.39, 0.29) is 12.8 Å². The molecule has 0 spiro atoms. The molecule has 1 fully saturated rings. The average Bonchev–Trinajstić information content (AvgIpc) is 2.33. The topological polar surface area (TPSA) is 42.1 Å². The molecule has 2 rings (SSSR count). The molecule has 1 saturated heterocycles. The number of hydrogen-bond acceptors (Lipinski definition) is 3. The third kappa shape index (κ3) is 3.31. The van der Waals surface area contributed by atoms with Gasteiger partial charge in [0.1, 0.15) is 0 Å². The minimum Gasteiger partial charge on any atom is -0.396 e. The summed E-state index contributed by atoms with van der Waals surface area (Å²) in [7, 11) is 0. The highest BCUT2D eigenvalue weighted by molar-refractivity contribution is 5.66. The van der Waals surface area contributed by atoms with Crippen molar-refractivity contribution >= 4 is 11.4 Å². The standard InChI is InChI=1S/C10H13F2N3.C2H2/c11-10(12)2-5-15(6-3-10)9-1-4-14-7-8(9)13;1-2/h1,4,7H,2-3,5-6,13H2;1-2H. The first kappa shape index (κ1) is 13.2. The van der Waals surface area contributed by atoms with Crippen molar-refractivity contribution in [3.8, 4) is 12.8 Å². The fourth-order valence-electron chi connectivity index (χ4n) is 1.76. The lowest BCUT2D eigenvalue weighted by Crippen LogP contribution is -2.39. The Hall–Kier alpha value is -1.83. The lowest BCUT2D eigenvalue weighted by molar-refractivity contribution is -0.0220. The van der Waals surface area contributed by atoms with Crippen LogP contribution in [0.2, 0.25) is 0 Å². The number of anilines is 2. The van der Waals surface area contributed by atoms with Gasteiger partial charge in [0.2, 0.25) is 0 Å². The predicted octanol–water partition coefficient (Wildman–Crippen LogP) is 2.15. The molecule has 92 valence electrons. The second-order valence-corrected chi connectivity index (χ2v) is 3.78. The molecule has 2 heterocycles. The number of halogens is 2. The molecule has 1 aromatic heterocycles. The molecule has 17 heavy (non-hydrogen) atoms. The number of alkyl halides is 2. The summed E-state index contributed by atoms with van der Waals surface area (Å²) in [6.07, 6.45) is 11.0. The zero-order valence-corrected chi connectivity index (χ0v) is 9.44. The molecule has 3 nitrogen and oxygen atoms in total. The fraction of sp³-hybridized carbons (Fsp3) is 0.417. The van der Waals surface area contributed by atoms with Crippen LogP contribution in [0.25, 0.3) is 0 Å². The van der Waals surface area contributed by atoms with Gasteiger partial charge < -0.3 is 10.6 Å². The highest BCUT2D eigenvalue weighted by Crippen LogP contribution is 2.32. The summed E-state index contributed by atoms with van der Waals surface area (Å²) in [5.74, 6) is -2.52. The van der Waals surface area contributed by atoms with E-state index in [1.807, 2.05) is 4.90 Å². The molecule has 1 aromatic rings. The van der Waals surface area contributed by atoms with Gasteiger partial charge in [0.05, 0.1) is 17.6 Å². The van der Waals surface area contributed by atoms with Crippen LogP contribution in [0, 0.1) is 12.8 Å². The van der Waals surface area contributed by atoms with Crippen LogP contribution in [0.4, 0.5) is 20.2 Å². The van der Waals surface area contributed by atoms with Gasteiger partial charge in [-0.25, -0.2) is 8.78 Å². The van der Waals surface area contributed by atoms with E-state index >= 15 is 0 Å². The van der Waals surface area contributed by atoms with E-state index < -0.39 is 5.92 Å². The molecule has 0 unspecified atom stereocenters. The second-order valence-electron chi connectivity index (χ2n) is 3.78. The molecule has 0 saturated carbocycles. The highest BCUT2D eigenvalue weighted by Gasteiger charge is 2.34. The molecule has 0 atom stereocenters. The van der Waals surface area contributed by atoms with Crippen molar-refractivity contribution in [3.63, 3.8) is 0 Å². The Morgan fingerprint density at radius 3 is 2.41 bits per heavy atom. The van der Waals surface area contributed by atoms with Crippen molar-refractivity contribution in [3.05, 3.63) is 18.5 Å². The van der Waals surface area contributed by atoms with Crippen LogP contribution < -0.4 is 10.6 Å². The largest absolute Gasteiger partial charge is 0.396 e. The Bertz CT molecular complexity index is 380. The van der Waals surface area contributed by atoms with Crippen molar-refractivity contribution < 1.29 is 8.78 Å². The molecule has 0 radical (unpaired) electrons. The van der Waals surface area contributed by atoms with Gasteiger partial charge in [-0.05, 0) is 6.07 Å². The van der Waals surface area contributed by atoms with Crippen LogP contribution in [-0.2, 0) is 0 Å². The first-order valence-electron chi connectivity index (χ1n) is 5.24. The number of piperidine rings is 1. The number of nitrogens with two attached hydrogens (primary N) is 1. The molecule has 0 amide bonds. The van der Waals surface area contributed by atoms with E-state index in [1.165, 1.54) is 0 Å². The van der Waals surface area contributed by atoms with Gasteiger partial charge in [-0.3, -0.25) is 4.98 Å². The number of nitrogen functional groups attached to an aromatic ring is 1. The van der Waals surface area contributed by atoms with Crippen LogP contribution in [0.15, 0.2) is 18.5 Å². The molecular weight excluding hydrogens is 224 g/mol. The van der Waals surface area contributed by atoms with E-state index in [9.17, 15) is 8.78 Å². The fourth-order valence-corrected chi connectivity index (χ4v) is 1.76. The van der Waals surface area contributed by atoms with Crippen molar-refractivity contribution in [2.45, 2.75) is 18.8 Å². The molecular formula is C12H15F2N3. The van der Waals surface area contributed by atoms with Gasteiger partial charge >= 0.3 is 0 Å². The number of aromatic nitrogens is 1. The predicted molar refractivity (Wildman–Crippen MR) is 64.9 cm³/mol. The number of nitrogens with zero attached hydrogens (tertiary/aromatic N) is 2. The first-order valence-corrected chi connectivity index (χ1v) is 5.24. The van der Waals surface area contributed by atoms with Crippen LogP contribution >= 0.6 is 0 Å². The van der Waals surface area contributed by atoms with Crippen molar-refractivity contribution in [2.24, 2.45) is 0 Å². The molecule has 0 bridgehead atoms. The Kier molecular flexibility index (Phi) is 4.27. The number of terminal acetylenes is 1. The quantitative estimate of drug-likeness (QED) is 0.763. The van der Waals surface area contributed by atoms with E-state index in [0.717, 1.165) is 5.69 Å². The normalized spacial score (nSPS) is 18.0. The molecule has 1 aliphatic rings. The summed E-state index contributed by atoms with van der Waals surface area (Å²) in [5, 5.41) is 0. The van der Waals surface area contributed by atoms with Crippen molar-refractivity contribution in [1.29, 1.82) is 0 Å². The Morgan fingerprint density at radius 1 is 1.29 bits per heavy atom. The van der Waals surface area contributed by atoms with Crippen LogP contribution in [0.5, 0.6) is 0 Å². The van der Waals surface area contributed by atoms with Crippen molar-refractivity contribution in [2.75, 3.05) is 23.7 Å². The number of hydrogen-bond donors (Lipinski definition) is 1. The third-order valence-electron chi connectivity index (χ3n) is 2.66. The lowest BCUT2D eigenvalue weighted by Gasteiger charge is -2.33. The molecule has 5 heteroatoms. The van der Waals surface area contributed by atoms with Gasteiger partial charge in [-0.2, -0.15) is 0 Å². The zero-order chi connectivity index (χ0) is 12.9. The molecule has 0 aliphatic carbocycles. The summed E-state index contributed by atoms with van der Waals surface area (Å²) < 4.78 is 25.8. The zero-order valence-electron chi connectivity index (χ0n) is 9.44. The summed E-state index contributed by atoms with van der Waals surface area (Å²) in [5.41, 5.74) is 7.08. The van der Waals surface area contributed by atoms with Gasteiger partial charge in [0.25, 0.3) is 5.92 Å². The minimum atomic E-state index is -2.52. The summed E-state index contributed by atoms with van der Waals surface area (Å²) in [4.78, 5) is 5.75. The van der Waals surface area contributed by atoms with Gasteiger partial charge in [0.15, 0.2) is 0 Å². The van der Waals surface area contributed by atoms with E-state index in [1.54, 1.807) is 18.5 Å². The Morgan fingerprint density at radius 2 is 1.88 bits per heavy atom. The van der Waals surface area contributed by atoms with Crippen LogP contribution in [0.1, 0.15) is 12.8 Å². The van der Waals surface area contributed by atoms with E-state index in [0.29, 0.717) is 18.8 Å². The van der Waals surface area contributed by atoms with E-state index in [2.05, 4.69) is 17.8 Å². The van der Waals surface area contributed by atoms with Crippen LogP contribution in [-0.4, -0.2) is 24.0 Å². The smallest absolute Gasteiger partial charge is 0.251 e. The summed E-state index contributed by atoms with van der Waals surface area (Å²) in [6.45, 7) is 0.697. The number of pyridine rings is 1. The van der Waals surface area contributed by atoms with Gasteiger partial charge in [0, 0.05) is 32.1 Å².